The first-order valence-corrected chi connectivity index (χ1v) is 9.82. The van der Waals surface area contributed by atoms with Gasteiger partial charge in [0.2, 0.25) is 0 Å². The van der Waals surface area contributed by atoms with Crippen LogP contribution in [0.25, 0.3) is 10.1 Å². The van der Waals surface area contributed by atoms with Gasteiger partial charge in [-0.3, -0.25) is 0 Å². The molecule has 1 N–H and O–H groups in total. The summed E-state index contributed by atoms with van der Waals surface area (Å²) < 4.78 is 40.2. The van der Waals surface area contributed by atoms with Gasteiger partial charge in [-0.05, 0) is 42.5 Å². The molecule has 1 aliphatic rings. The number of nitriles is 1. The molecule has 8 heteroatoms. The summed E-state index contributed by atoms with van der Waals surface area (Å²) in [6.45, 7) is 2.65. The summed E-state index contributed by atoms with van der Waals surface area (Å²) in [7, 11) is -2.11. The molecule has 0 unspecified atom stereocenters. The lowest BCUT2D eigenvalue weighted by atomic mass is 10.1. The average molecular weight is 366 g/mol. The van der Waals surface area contributed by atoms with Crippen LogP contribution in [0.2, 0.25) is 0 Å². The van der Waals surface area contributed by atoms with E-state index in [4.69, 9.17) is 14.7 Å². The number of sulfonamides is 1. The zero-order valence-electron chi connectivity index (χ0n) is 13.4. The van der Waals surface area contributed by atoms with E-state index in [1.807, 2.05) is 0 Å². The van der Waals surface area contributed by atoms with E-state index in [2.05, 4.69) is 10.8 Å². The van der Waals surface area contributed by atoms with Gasteiger partial charge in [-0.15, -0.1) is 11.3 Å². The highest BCUT2D eigenvalue weighted by atomic mass is 32.2. The zero-order valence-corrected chi connectivity index (χ0v) is 15.0. The molecule has 0 spiro atoms. The molecule has 2 aromatic rings. The second-order valence-electron chi connectivity index (χ2n) is 5.70. The smallest absolute Gasteiger partial charge is 0.250 e. The first-order chi connectivity index (χ1) is 11.5. The Morgan fingerprint density at radius 1 is 1.46 bits per heavy atom. The minimum Gasteiger partial charge on any atom is -0.379 e. The first-order valence-electron chi connectivity index (χ1n) is 7.52. The normalized spacial score (nSPS) is 21.7. The predicted molar refractivity (Wildman–Crippen MR) is 91.6 cm³/mol. The lowest BCUT2D eigenvalue weighted by Crippen LogP contribution is -2.49. The van der Waals surface area contributed by atoms with Gasteiger partial charge in [0.1, 0.15) is 4.21 Å². The summed E-state index contributed by atoms with van der Waals surface area (Å²) in [5.74, 6) is 0. The van der Waals surface area contributed by atoms with E-state index >= 15 is 0 Å². The van der Waals surface area contributed by atoms with Crippen molar-refractivity contribution in [2.45, 2.75) is 29.7 Å². The molecular formula is C16H18N2O4S2. The maximum absolute atomic E-state index is 12.8. The quantitative estimate of drug-likeness (QED) is 0.896. The molecule has 128 valence electrons. The van der Waals surface area contributed by atoms with Crippen LogP contribution in [0.4, 0.5) is 0 Å². The van der Waals surface area contributed by atoms with E-state index in [0.717, 1.165) is 10.1 Å². The van der Waals surface area contributed by atoms with Crippen LogP contribution in [0, 0.1) is 18.3 Å². The number of nitrogens with zero attached hydrogens (tertiary/aromatic N) is 1. The largest absolute Gasteiger partial charge is 0.379 e. The highest BCUT2D eigenvalue weighted by Gasteiger charge is 2.32. The SMILES string of the molecule is CO[C@@H]1COCC[C@H]1NS(=O)(=O)c1sc2ccc(C#N)cc2c1C. The Kier molecular flexibility index (Phi) is 4.90. The zero-order chi connectivity index (χ0) is 17.3. The van der Waals surface area contributed by atoms with Crippen molar-refractivity contribution < 1.29 is 17.9 Å². The summed E-state index contributed by atoms with van der Waals surface area (Å²) in [6.07, 6.45) is 0.272. The molecule has 0 aliphatic carbocycles. The fraction of sp³-hybridized carbons (Fsp3) is 0.438. The van der Waals surface area contributed by atoms with Gasteiger partial charge in [0.05, 0.1) is 30.4 Å². The van der Waals surface area contributed by atoms with Crippen molar-refractivity contribution in [3.63, 3.8) is 0 Å². The fourth-order valence-corrected chi connectivity index (χ4v) is 5.92. The molecule has 0 bridgehead atoms. The molecule has 1 aliphatic heterocycles. The van der Waals surface area contributed by atoms with E-state index in [0.29, 0.717) is 30.8 Å². The van der Waals surface area contributed by atoms with E-state index in [9.17, 15) is 8.42 Å². The van der Waals surface area contributed by atoms with E-state index in [-0.39, 0.29) is 16.4 Å². The van der Waals surface area contributed by atoms with Crippen LogP contribution >= 0.6 is 11.3 Å². The number of methoxy groups -OCH3 is 1. The van der Waals surface area contributed by atoms with E-state index < -0.39 is 10.0 Å². The minimum absolute atomic E-state index is 0.286. The third kappa shape index (κ3) is 3.18. The molecule has 3 rings (SSSR count). The molecule has 0 saturated carbocycles. The molecule has 0 amide bonds. The van der Waals surface area contributed by atoms with Gasteiger partial charge < -0.3 is 9.47 Å². The molecule has 6 nitrogen and oxygen atoms in total. The molecule has 2 heterocycles. The Morgan fingerprint density at radius 2 is 2.25 bits per heavy atom. The number of nitrogens with one attached hydrogen (secondary N) is 1. The lowest BCUT2D eigenvalue weighted by molar-refractivity contribution is -0.0448. The second kappa shape index (κ2) is 6.78. The number of fused-ring (bicyclic) bond motifs is 1. The van der Waals surface area contributed by atoms with Crippen LogP contribution < -0.4 is 4.72 Å². The molecule has 0 radical (unpaired) electrons. The first kappa shape index (κ1) is 17.3. The predicted octanol–water partition coefficient (Wildman–Crippen LogP) is 2.16. The number of benzene rings is 1. The average Bonchev–Trinajstić information content (AvgIpc) is 2.92. The number of hydrogen-bond donors (Lipinski definition) is 1. The van der Waals surface area contributed by atoms with Crippen molar-refractivity contribution >= 4 is 31.4 Å². The van der Waals surface area contributed by atoms with Crippen LogP contribution in [-0.2, 0) is 19.5 Å². The molecule has 1 aromatic heterocycles. The summed E-state index contributed by atoms with van der Waals surface area (Å²) in [6, 6.07) is 6.98. The second-order valence-corrected chi connectivity index (χ2v) is 8.66. The summed E-state index contributed by atoms with van der Waals surface area (Å²) in [4.78, 5) is 0. The molecule has 2 atom stereocenters. The molecule has 24 heavy (non-hydrogen) atoms. The van der Waals surface area contributed by atoms with Crippen molar-refractivity contribution in [3.8, 4) is 6.07 Å². The number of hydrogen-bond acceptors (Lipinski definition) is 6. The summed E-state index contributed by atoms with van der Waals surface area (Å²) in [5.41, 5.74) is 1.19. The Labute approximate surface area is 145 Å². The Balaban J connectivity index is 1.96. The number of thiophene rings is 1. The van der Waals surface area contributed by atoms with Crippen LogP contribution in [0.5, 0.6) is 0 Å². The molecule has 1 fully saturated rings. The topological polar surface area (TPSA) is 88.4 Å². The Hall–Kier alpha value is -1.50. The molecular weight excluding hydrogens is 348 g/mol. The van der Waals surface area contributed by atoms with E-state index in [1.165, 1.54) is 11.3 Å². The van der Waals surface area contributed by atoms with Crippen molar-refractivity contribution in [2.24, 2.45) is 0 Å². The standard InChI is InChI=1S/C16H18N2O4S2/c1-10-12-7-11(8-17)3-4-15(12)23-16(10)24(19,20)18-13-5-6-22-9-14(13)21-2/h3-4,7,13-14,18H,5-6,9H2,1-2H3/t13-,14-/m1/s1. The van der Waals surface area contributed by atoms with Crippen molar-refractivity contribution in [1.29, 1.82) is 5.26 Å². The van der Waals surface area contributed by atoms with Crippen molar-refractivity contribution in [2.75, 3.05) is 20.3 Å². The monoisotopic (exact) mass is 366 g/mol. The number of rotatable bonds is 4. The fourth-order valence-electron chi connectivity index (χ4n) is 2.86. The number of ether oxygens (including phenoxy) is 2. The minimum atomic E-state index is -3.66. The van der Waals surface area contributed by atoms with Gasteiger partial charge in [-0.1, -0.05) is 0 Å². The van der Waals surface area contributed by atoms with Crippen LogP contribution in [0.15, 0.2) is 22.4 Å². The van der Waals surface area contributed by atoms with Gasteiger partial charge in [0.25, 0.3) is 10.0 Å². The molecule has 1 saturated heterocycles. The third-order valence-electron chi connectivity index (χ3n) is 4.18. The van der Waals surface area contributed by atoms with Crippen LogP contribution in [0.1, 0.15) is 17.5 Å². The Bertz CT molecular complexity index is 899. The van der Waals surface area contributed by atoms with Crippen molar-refractivity contribution in [1.82, 2.24) is 4.72 Å². The highest BCUT2D eigenvalue weighted by Crippen LogP contribution is 2.34. The van der Waals surface area contributed by atoms with Crippen LogP contribution in [0.3, 0.4) is 0 Å². The van der Waals surface area contributed by atoms with Gasteiger partial charge >= 0.3 is 0 Å². The number of aryl methyl sites for hydroxylation is 1. The summed E-state index contributed by atoms with van der Waals surface area (Å²) >= 11 is 1.22. The van der Waals surface area contributed by atoms with Gasteiger partial charge in [-0.25, -0.2) is 13.1 Å². The van der Waals surface area contributed by atoms with Crippen LogP contribution in [-0.4, -0.2) is 40.9 Å². The van der Waals surface area contributed by atoms with Gasteiger partial charge in [-0.2, -0.15) is 5.26 Å². The maximum Gasteiger partial charge on any atom is 0.250 e. The lowest BCUT2D eigenvalue weighted by Gasteiger charge is -2.30. The van der Waals surface area contributed by atoms with Crippen molar-refractivity contribution in [3.05, 3.63) is 29.3 Å². The van der Waals surface area contributed by atoms with Gasteiger partial charge in [0, 0.05) is 18.4 Å². The Morgan fingerprint density at radius 3 is 2.96 bits per heavy atom. The van der Waals surface area contributed by atoms with Gasteiger partial charge in [0.15, 0.2) is 0 Å². The maximum atomic E-state index is 12.8. The third-order valence-corrected chi connectivity index (χ3v) is 7.56. The molecule has 1 aromatic carbocycles. The summed E-state index contributed by atoms with van der Waals surface area (Å²) in [5, 5.41) is 9.82. The van der Waals surface area contributed by atoms with E-state index in [1.54, 1.807) is 32.2 Å². The highest BCUT2D eigenvalue weighted by molar-refractivity contribution is 7.91.